The fourth-order valence-corrected chi connectivity index (χ4v) is 3.21. The van der Waals surface area contributed by atoms with E-state index in [0.717, 1.165) is 45.0 Å². The van der Waals surface area contributed by atoms with Gasteiger partial charge in [-0.15, -0.1) is 0 Å². The molecule has 118 valence electrons. The molecule has 1 aliphatic heterocycles. The lowest BCUT2D eigenvalue weighted by molar-refractivity contribution is 0.152. The predicted molar refractivity (Wildman–Crippen MR) is 87.1 cm³/mol. The third-order valence-electron chi connectivity index (χ3n) is 4.52. The van der Waals surface area contributed by atoms with Crippen molar-refractivity contribution in [3.63, 3.8) is 0 Å². The van der Waals surface area contributed by atoms with E-state index in [4.69, 9.17) is 5.73 Å². The maximum atomic E-state index is 13.0. The second-order valence-electron chi connectivity index (χ2n) is 6.50. The lowest BCUT2D eigenvalue weighted by atomic mass is 9.85. The van der Waals surface area contributed by atoms with E-state index in [9.17, 15) is 4.39 Å². The van der Waals surface area contributed by atoms with Crippen molar-refractivity contribution >= 4 is 5.69 Å². The van der Waals surface area contributed by atoms with Crippen LogP contribution in [-0.2, 0) is 0 Å². The van der Waals surface area contributed by atoms with Crippen LogP contribution in [0.25, 0.3) is 0 Å². The number of hydrogen-bond acceptors (Lipinski definition) is 3. The summed E-state index contributed by atoms with van der Waals surface area (Å²) in [6.45, 7) is 10.4. The van der Waals surface area contributed by atoms with Gasteiger partial charge in [-0.1, -0.05) is 20.3 Å². The molecule has 21 heavy (non-hydrogen) atoms. The molecule has 1 aromatic carbocycles. The van der Waals surface area contributed by atoms with E-state index in [1.165, 1.54) is 25.0 Å². The summed E-state index contributed by atoms with van der Waals surface area (Å²) in [5.74, 6) is -0.171. The molecule has 1 aliphatic rings. The molecule has 2 N–H and O–H groups in total. The predicted octanol–water partition coefficient (Wildman–Crippen LogP) is 2.71. The molecule has 2 rings (SSSR count). The van der Waals surface area contributed by atoms with Crippen LogP contribution in [0.3, 0.4) is 0 Å². The Morgan fingerprint density at radius 2 is 1.76 bits per heavy atom. The van der Waals surface area contributed by atoms with Gasteiger partial charge in [0.15, 0.2) is 0 Å². The Labute approximate surface area is 127 Å². The van der Waals surface area contributed by atoms with E-state index >= 15 is 0 Å². The van der Waals surface area contributed by atoms with Crippen molar-refractivity contribution < 1.29 is 4.39 Å². The zero-order chi connectivity index (χ0) is 15.3. The number of halogens is 1. The highest BCUT2D eigenvalue weighted by molar-refractivity contribution is 5.46. The molecule has 0 amide bonds. The van der Waals surface area contributed by atoms with E-state index < -0.39 is 0 Å². The Bertz CT molecular complexity index is 426. The van der Waals surface area contributed by atoms with Crippen LogP contribution >= 0.6 is 0 Å². The maximum absolute atomic E-state index is 13.0. The normalized spacial score (nSPS) is 19.5. The van der Waals surface area contributed by atoms with Crippen LogP contribution in [0.15, 0.2) is 24.3 Å². The minimum atomic E-state index is -0.171. The highest BCUT2D eigenvalue weighted by Crippen LogP contribution is 2.24. The van der Waals surface area contributed by atoms with Gasteiger partial charge in [0.2, 0.25) is 0 Å². The van der Waals surface area contributed by atoms with Gasteiger partial charge < -0.3 is 10.6 Å². The first-order valence-electron chi connectivity index (χ1n) is 7.99. The van der Waals surface area contributed by atoms with E-state index in [0.29, 0.717) is 0 Å². The molecule has 4 heteroatoms. The monoisotopic (exact) mass is 293 g/mol. The van der Waals surface area contributed by atoms with Crippen molar-refractivity contribution in [2.45, 2.75) is 26.7 Å². The summed E-state index contributed by atoms with van der Waals surface area (Å²) < 4.78 is 13.0. The fraction of sp³-hybridized carbons (Fsp3) is 0.647. The van der Waals surface area contributed by atoms with Gasteiger partial charge in [0.25, 0.3) is 0 Å². The third kappa shape index (κ3) is 4.42. The van der Waals surface area contributed by atoms with Crippen molar-refractivity contribution in [3.05, 3.63) is 30.1 Å². The number of nitrogens with two attached hydrogens (primary N) is 1. The summed E-state index contributed by atoms with van der Waals surface area (Å²) in [6, 6.07) is 6.81. The minimum absolute atomic E-state index is 0.171. The molecule has 1 atom stereocenters. The molecule has 3 nitrogen and oxygen atoms in total. The topological polar surface area (TPSA) is 32.5 Å². The van der Waals surface area contributed by atoms with Gasteiger partial charge >= 0.3 is 0 Å². The van der Waals surface area contributed by atoms with Gasteiger partial charge in [-0.3, -0.25) is 4.90 Å². The number of piperazine rings is 1. The molecule has 0 aliphatic carbocycles. The zero-order valence-corrected chi connectivity index (χ0v) is 13.3. The number of nitrogens with zero attached hydrogens (tertiary/aromatic N) is 2. The summed E-state index contributed by atoms with van der Waals surface area (Å²) in [5.41, 5.74) is 7.32. The molecular weight excluding hydrogens is 265 g/mol. The maximum Gasteiger partial charge on any atom is 0.123 e. The molecule has 1 fully saturated rings. The highest BCUT2D eigenvalue weighted by Gasteiger charge is 2.27. The van der Waals surface area contributed by atoms with Crippen molar-refractivity contribution in [3.8, 4) is 0 Å². The quantitative estimate of drug-likeness (QED) is 0.875. The average molecular weight is 293 g/mol. The number of rotatable bonds is 6. The molecular formula is C17H28FN3. The van der Waals surface area contributed by atoms with E-state index in [1.54, 1.807) is 0 Å². The van der Waals surface area contributed by atoms with E-state index in [1.807, 2.05) is 12.1 Å². The van der Waals surface area contributed by atoms with Gasteiger partial charge in [-0.05, 0) is 42.6 Å². The lowest BCUT2D eigenvalue weighted by Crippen LogP contribution is -2.50. The molecule has 1 aromatic rings. The largest absolute Gasteiger partial charge is 0.369 e. The van der Waals surface area contributed by atoms with Crippen LogP contribution in [-0.4, -0.2) is 44.2 Å². The van der Waals surface area contributed by atoms with Crippen LogP contribution < -0.4 is 10.6 Å². The number of anilines is 1. The number of hydrogen-bond donors (Lipinski definition) is 1. The van der Waals surface area contributed by atoms with Crippen LogP contribution in [0.4, 0.5) is 10.1 Å². The Balaban J connectivity index is 1.87. The van der Waals surface area contributed by atoms with Crippen molar-refractivity contribution in [1.29, 1.82) is 0 Å². The minimum Gasteiger partial charge on any atom is -0.369 e. The van der Waals surface area contributed by atoms with E-state index in [2.05, 4.69) is 23.6 Å². The van der Waals surface area contributed by atoms with Gasteiger partial charge in [-0.2, -0.15) is 0 Å². The smallest absolute Gasteiger partial charge is 0.123 e. The second kappa shape index (κ2) is 7.23. The van der Waals surface area contributed by atoms with Crippen LogP contribution in [0, 0.1) is 11.2 Å². The summed E-state index contributed by atoms with van der Waals surface area (Å²) in [7, 11) is 0. The molecule has 1 unspecified atom stereocenters. The summed E-state index contributed by atoms with van der Waals surface area (Å²) in [6.07, 6.45) is 2.37. The zero-order valence-electron chi connectivity index (χ0n) is 13.3. The Morgan fingerprint density at radius 3 is 2.29 bits per heavy atom. The molecule has 0 bridgehead atoms. The van der Waals surface area contributed by atoms with E-state index in [-0.39, 0.29) is 11.2 Å². The third-order valence-corrected chi connectivity index (χ3v) is 4.52. The van der Waals surface area contributed by atoms with Crippen LogP contribution in [0.2, 0.25) is 0 Å². The van der Waals surface area contributed by atoms with Crippen molar-refractivity contribution in [2.24, 2.45) is 11.1 Å². The molecule has 1 saturated heterocycles. The second-order valence-corrected chi connectivity index (χ2v) is 6.50. The summed E-state index contributed by atoms with van der Waals surface area (Å²) in [5, 5.41) is 0. The average Bonchev–Trinajstić information content (AvgIpc) is 2.49. The first-order chi connectivity index (χ1) is 10.1. The molecule has 0 spiro atoms. The van der Waals surface area contributed by atoms with Crippen LogP contribution in [0.1, 0.15) is 26.7 Å². The summed E-state index contributed by atoms with van der Waals surface area (Å²) >= 11 is 0. The molecule has 0 radical (unpaired) electrons. The standard InChI is InChI=1S/C17H28FN3/c1-3-8-17(2,13-19)14-20-9-11-21(12-10-20)16-6-4-15(18)5-7-16/h4-7H,3,8-14,19H2,1-2H3. The van der Waals surface area contributed by atoms with Gasteiger partial charge in [0.1, 0.15) is 5.82 Å². The van der Waals surface area contributed by atoms with Gasteiger partial charge in [0, 0.05) is 38.4 Å². The molecule has 0 saturated carbocycles. The van der Waals surface area contributed by atoms with Crippen molar-refractivity contribution in [1.82, 2.24) is 4.90 Å². The Morgan fingerprint density at radius 1 is 1.14 bits per heavy atom. The number of benzene rings is 1. The highest BCUT2D eigenvalue weighted by atomic mass is 19.1. The van der Waals surface area contributed by atoms with Gasteiger partial charge in [-0.25, -0.2) is 4.39 Å². The Hall–Kier alpha value is -1.13. The summed E-state index contributed by atoms with van der Waals surface area (Å²) in [4.78, 5) is 4.85. The van der Waals surface area contributed by atoms with Gasteiger partial charge in [0.05, 0.1) is 0 Å². The fourth-order valence-electron chi connectivity index (χ4n) is 3.21. The van der Waals surface area contributed by atoms with Crippen LogP contribution in [0.5, 0.6) is 0 Å². The molecule has 1 heterocycles. The van der Waals surface area contributed by atoms with Crippen molar-refractivity contribution in [2.75, 3.05) is 44.2 Å². The SMILES string of the molecule is CCCC(C)(CN)CN1CCN(c2ccc(F)cc2)CC1. The first kappa shape index (κ1) is 16.2. The molecule has 0 aromatic heterocycles. The Kier molecular flexibility index (Phi) is 5.59. The first-order valence-corrected chi connectivity index (χ1v) is 7.99. The lowest BCUT2D eigenvalue weighted by Gasteiger charge is -2.40.